The van der Waals surface area contributed by atoms with Gasteiger partial charge in [0.2, 0.25) is 0 Å². The van der Waals surface area contributed by atoms with Crippen molar-refractivity contribution in [3.05, 3.63) is 59.7 Å². The summed E-state index contributed by atoms with van der Waals surface area (Å²) in [5.74, 6) is 1.98. The zero-order chi connectivity index (χ0) is 21.5. The first-order valence-corrected chi connectivity index (χ1v) is 12.0. The number of para-hydroxylation sites is 1. The molecule has 2 unspecified atom stereocenters. The highest BCUT2D eigenvalue weighted by atomic mass is 16.5. The van der Waals surface area contributed by atoms with Gasteiger partial charge < -0.3 is 19.3 Å². The number of piperidine rings is 2. The summed E-state index contributed by atoms with van der Waals surface area (Å²) in [4.78, 5) is 4.87. The number of hydrogen-bond acceptors (Lipinski definition) is 4. The van der Waals surface area contributed by atoms with Crippen molar-refractivity contribution in [2.75, 3.05) is 40.4 Å². The summed E-state index contributed by atoms with van der Waals surface area (Å²) >= 11 is 0. The third-order valence-corrected chi connectivity index (χ3v) is 7.01. The molecule has 31 heavy (non-hydrogen) atoms. The van der Waals surface area contributed by atoms with Crippen LogP contribution in [0.25, 0.3) is 0 Å². The predicted octanol–water partition coefficient (Wildman–Crippen LogP) is 5.00. The summed E-state index contributed by atoms with van der Waals surface area (Å²) in [5.41, 5.74) is 2.53. The molecule has 2 aromatic rings. The molecule has 4 heteroatoms. The van der Waals surface area contributed by atoms with Crippen LogP contribution in [0.4, 0.5) is 0 Å². The molecule has 168 valence electrons. The number of likely N-dealkylation sites (tertiary alicyclic amines) is 2. The second-order valence-electron chi connectivity index (χ2n) is 9.31. The van der Waals surface area contributed by atoms with E-state index in [-0.39, 0.29) is 0 Å². The van der Waals surface area contributed by atoms with Gasteiger partial charge in [0.15, 0.2) is 0 Å². The van der Waals surface area contributed by atoms with Gasteiger partial charge in [0.05, 0.1) is 0 Å². The molecule has 2 heterocycles. The van der Waals surface area contributed by atoms with Gasteiger partial charge >= 0.3 is 0 Å². The maximum absolute atomic E-state index is 6.29. The molecule has 0 aromatic heterocycles. The van der Waals surface area contributed by atoms with Gasteiger partial charge in [0, 0.05) is 18.5 Å². The summed E-state index contributed by atoms with van der Waals surface area (Å²) in [6.45, 7) is 3.92. The maximum Gasteiger partial charge on any atom is 0.122 e. The van der Waals surface area contributed by atoms with Crippen LogP contribution in [0.1, 0.15) is 49.7 Å². The van der Waals surface area contributed by atoms with E-state index >= 15 is 0 Å². The zero-order valence-electron chi connectivity index (χ0n) is 19.3. The second-order valence-corrected chi connectivity index (χ2v) is 9.31. The molecule has 2 aromatic carbocycles. The highest BCUT2D eigenvalue weighted by Crippen LogP contribution is 2.25. The van der Waals surface area contributed by atoms with Crippen molar-refractivity contribution in [1.29, 1.82) is 0 Å². The molecule has 0 aliphatic carbocycles. The second kappa shape index (κ2) is 11.0. The van der Waals surface area contributed by atoms with Crippen molar-refractivity contribution in [3.8, 4) is 11.5 Å². The number of rotatable bonds is 8. The molecular formula is C27H38N2O2. The largest absolute Gasteiger partial charge is 0.492 e. The lowest BCUT2D eigenvalue weighted by atomic mass is 10.0. The molecule has 0 N–H and O–H groups in total. The van der Waals surface area contributed by atoms with E-state index in [1.165, 1.54) is 62.7 Å². The number of hydrogen-bond donors (Lipinski definition) is 0. The van der Waals surface area contributed by atoms with E-state index in [1.807, 2.05) is 0 Å². The Hall–Kier alpha value is -2.04. The van der Waals surface area contributed by atoms with Crippen LogP contribution in [0.15, 0.2) is 48.5 Å². The van der Waals surface area contributed by atoms with E-state index in [0.717, 1.165) is 31.1 Å². The van der Waals surface area contributed by atoms with Crippen molar-refractivity contribution >= 4 is 0 Å². The molecule has 2 aliphatic heterocycles. The Balaban J connectivity index is 1.31. The number of ether oxygens (including phenoxy) is 2. The summed E-state index contributed by atoms with van der Waals surface area (Å²) in [7, 11) is 4.43. The lowest BCUT2D eigenvalue weighted by Crippen LogP contribution is -2.40. The molecule has 4 nitrogen and oxygen atoms in total. The average molecular weight is 423 g/mol. The van der Waals surface area contributed by atoms with Crippen LogP contribution in [0.3, 0.4) is 0 Å². The molecular weight excluding hydrogens is 384 g/mol. The van der Waals surface area contributed by atoms with Gasteiger partial charge in [-0.2, -0.15) is 0 Å². The Morgan fingerprint density at radius 3 is 2.00 bits per heavy atom. The molecule has 0 amide bonds. The molecule has 0 spiro atoms. The summed E-state index contributed by atoms with van der Waals surface area (Å²) < 4.78 is 12.4. The SMILES string of the molecule is CN1CCCCC1COc1ccc(Cc2ccccc2OCC2CCCCN2C)cc1. The van der Waals surface area contributed by atoms with Gasteiger partial charge in [0.1, 0.15) is 24.7 Å². The van der Waals surface area contributed by atoms with E-state index in [2.05, 4.69) is 72.4 Å². The fourth-order valence-electron chi connectivity index (χ4n) is 4.80. The maximum atomic E-state index is 6.29. The summed E-state index contributed by atoms with van der Waals surface area (Å²) in [5, 5.41) is 0. The van der Waals surface area contributed by atoms with Gasteiger partial charge in [-0.1, -0.05) is 43.2 Å². The topological polar surface area (TPSA) is 24.9 Å². The van der Waals surface area contributed by atoms with Crippen LogP contribution in [-0.2, 0) is 6.42 Å². The van der Waals surface area contributed by atoms with Gasteiger partial charge in [-0.25, -0.2) is 0 Å². The van der Waals surface area contributed by atoms with Crippen molar-refractivity contribution in [3.63, 3.8) is 0 Å². The quantitative estimate of drug-likeness (QED) is 0.597. The van der Waals surface area contributed by atoms with Crippen molar-refractivity contribution in [2.24, 2.45) is 0 Å². The zero-order valence-corrected chi connectivity index (χ0v) is 19.3. The monoisotopic (exact) mass is 422 g/mol. The smallest absolute Gasteiger partial charge is 0.122 e. The Morgan fingerprint density at radius 1 is 0.742 bits per heavy atom. The van der Waals surface area contributed by atoms with Crippen LogP contribution >= 0.6 is 0 Å². The van der Waals surface area contributed by atoms with Crippen molar-refractivity contribution in [2.45, 2.75) is 57.0 Å². The number of benzene rings is 2. The third-order valence-electron chi connectivity index (χ3n) is 7.01. The Morgan fingerprint density at radius 2 is 1.35 bits per heavy atom. The van der Waals surface area contributed by atoms with Gasteiger partial charge in [-0.15, -0.1) is 0 Å². The first-order valence-electron chi connectivity index (χ1n) is 12.0. The highest BCUT2D eigenvalue weighted by Gasteiger charge is 2.20. The average Bonchev–Trinajstić information content (AvgIpc) is 2.80. The van der Waals surface area contributed by atoms with Crippen LogP contribution in [0, 0.1) is 0 Å². The molecule has 0 radical (unpaired) electrons. The Labute approximate surface area is 188 Å². The summed E-state index contributed by atoms with van der Waals surface area (Å²) in [6.07, 6.45) is 8.59. The van der Waals surface area contributed by atoms with Gasteiger partial charge in [-0.3, -0.25) is 0 Å². The van der Waals surface area contributed by atoms with E-state index in [4.69, 9.17) is 9.47 Å². The van der Waals surface area contributed by atoms with Crippen LogP contribution in [0.2, 0.25) is 0 Å². The minimum absolute atomic E-state index is 0.529. The first kappa shape index (κ1) is 22.2. The van der Waals surface area contributed by atoms with E-state index in [1.54, 1.807) is 0 Å². The molecule has 2 atom stereocenters. The first-order chi connectivity index (χ1) is 15.2. The third kappa shape index (κ3) is 6.24. The number of likely N-dealkylation sites (N-methyl/N-ethyl adjacent to an activating group) is 2. The minimum atomic E-state index is 0.529. The molecule has 2 fully saturated rings. The van der Waals surface area contributed by atoms with E-state index < -0.39 is 0 Å². The highest BCUT2D eigenvalue weighted by molar-refractivity contribution is 5.39. The van der Waals surface area contributed by atoms with E-state index in [9.17, 15) is 0 Å². The molecule has 4 rings (SSSR count). The molecule has 2 saturated heterocycles. The fraction of sp³-hybridized carbons (Fsp3) is 0.556. The van der Waals surface area contributed by atoms with Crippen molar-refractivity contribution in [1.82, 2.24) is 9.80 Å². The molecule has 2 aliphatic rings. The van der Waals surface area contributed by atoms with Gasteiger partial charge in [-0.05, 0) is 82.2 Å². The molecule has 0 bridgehead atoms. The van der Waals surface area contributed by atoms with Crippen molar-refractivity contribution < 1.29 is 9.47 Å². The van der Waals surface area contributed by atoms with Crippen LogP contribution < -0.4 is 9.47 Å². The summed E-state index contributed by atoms with van der Waals surface area (Å²) in [6, 6.07) is 18.1. The van der Waals surface area contributed by atoms with Crippen LogP contribution in [-0.4, -0.2) is 62.3 Å². The lowest BCUT2D eigenvalue weighted by molar-refractivity contribution is 0.124. The van der Waals surface area contributed by atoms with Gasteiger partial charge in [0.25, 0.3) is 0 Å². The standard InChI is InChI=1S/C27H38N2O2/c1-28-17-7-5-10-24(28)20-30-26-15-13-22(14-16-26)19-23-9-3-4-12-27(23)31-21-25-11-6-8-18-29(25)2/h3-4,9,12-16,24-25H,5-8,10-11,17-21H2,1-2H3. The minimum Gasteiger partial charge on any atom is -0.492 e. The lowest BCUT2D eigenvalue weighted by Gasteiger charge is -2.32. The normalized spacial score (nSPS) is 22.9. The predicted molar refractivity (Wildman–Crippen MR) is 127 cm³/mol. The Kier molecular flexibility index (Phi) is 7.87. The molecule has 0 saturated carbocycles. The van der Waals surface area contributed by atoms with E-state index in [0.29, 0.717) is 12.1 Å². The Bertz CT molecular complexity index is 807. The van der Waals surface area contributed by atoms with Crippen LogP contribution in [0.5, 0.6) is 11.5 Å². The number of nitrogens with zero attached hydrogens (tertiary/aromatic N) is 2. The fourth-order valence-corrected chi connectivity index (χ4v) is 4.80.